The van der Waals surface area contributed by atoms with Gasteiger partial charge in [0.25, 0.3) is 0 Å². The van der Waals surface area contributed by atoms with Crippen molar-refractivity contribution in [2.75, 3.05) is 7.11 Å². The van der Waals surface area contributed by atoms with E-state index in [2.05, 4.69) is 15.9 Å². The zero-order chi connectivity index (χ0) is 14.0. The molecule has 3 heteroatoms. The minimum atomic E-state index is -0.0175. The number of ether oxygens (including phenoxy) is 1. The number of carbonyl (C=O) groups is 1. The van der Waals surface area contributed by atoms with E-state index in [1.54, 1.807) is 7.11 Å². The molecule has 0 amide bonds. The van der Waals surface area contributed by atoms with Crippen molar-refractivity contribution in [1.29, 1.82) is 0 Å². The fourth-order valence-electron chi connectivity index (χ4n) is 1.94. The summed E-state index contributed by atoms with van der Waals surface area (Å²) in [7, 11) is 1.58. The molecular weight excluding hydrogens is 304 g/mol. The Morgan fingerprint density at radius 1 is 1.11 bits per heavy atom. The monoisotopic (exact) mass is 318 g/mol. The second-order valence-electron chi connectivity index (χ2n) is 4.50. The minimum absolute atomic E-state index is 0.0175. The van der Waals surface area contributed by atoms with Crippen molar-refractivity contribution in [3.63, 3.8) is 0 Å². The number of methoxy groups -OCH3 is 1. The number of rotatable bonds is 3. The quantitative estimate of drug-likeness (QED) is 0.788. The third kappa shape index (κ3) is 2.87. The fraction of sp³-hybridized carbons (Fsp3) is 0.188. The molecule has 19 heavy (non-hydrogen) atoms. The maximum Gasteiger partial charge on any atom is 0.196 e. The van der Waals surface area contributed by atoms with Crippen LogP contribution in [0, 0.1) is 13.8 Å². The van der Waals surface area contributed by atoms with Gasteiger partial charge >= 0.3 is 0 Å². The van der Waals surface area contributed by atoms with Gasteiger partial charge in [-0.25, -0.2) is 0 Å². The Kier molecular flexibility index (Phi) is 4.05. The summed E-state index contributed by atoms with van der Waals surface area (Å²) >= 11 is 3.44. The van der Waals surface area contributed by atoms with Crippen LogP contribution >= 0.6 is 15.9 Å². The van der Waals surface area contributed by atoms with E-state index in [9.17, 15) is 4.79 Å². The normalized spacial score (nSPS) is 10.3. The second-order valence-corrected chi connectivity index (χ2v) is 5.35. The third-order valence-electron chi connectivity index (χ3n) is 3.02. The van der Waals surface area contributed by atoms with E-state index in [1.165, 1.54) is 0 Å². The highest BCUT2D eigenvalue weighted by molar-refractivity contribution is 9.10. The van der Waals surface area contributed by atoms with Gasteiger partial charge in [0, 0.05) is 10.0 Å². The Bertz CT molecular complexity index is 633. The van der Waals surface area contributed by atoms with Crippen LogP contribution in [0.2, 0.25) is 0 Å². The summed E-state index contributed by atoms with van der Waals surface area (Å²) < 4.78 is 6.27. The molecule has 0 N–H and O–H groups in total. The average molecular weight is 319 g/mol. The van der Waals surface area contributed by atoms with E-state index in [0.29, 0.717) is 16.9 Å². The molecule has 2 nitrogen and oxygen atoms in total. The van der Waals surface area contributed by atoms with Crippen molar-refractivity contribution < 1.29 is 9.53 Å². The predicted octanol–water partition coefficient (Wildman–Crippen LogP) is 4.31. The van der Waals surface area contributed by atoms with Crippen molar-refractivity contribution in [1.82, 2.24) is 0 Å². The molecule has 2 rings (SSSR count). The Hall–Kier alpha value is -1.61. The van der Waals surface area contributed by atoms with Gasteiger partial charge < -0.3 is 4.74 Å². The van der Waals surface area contributed by atoms with E-state index in [0.717, 1.165) is 15.6 Å². The molecule has 2 aromatic rings. The van der Waals surface area contributed by atoms with Gasteiger partial charge in [0.1, 0.15) is 5.75 Å². The van der Waals surface area contributed by atoms with Crippen molar-refractivity contribution >= 4 is 21.7 Å². The van der Waals surface area contributed by atoms with Crippen LogP contribution in [-0.4, -0.2) is 12.9 Å². The topological polar surface area (TPSA) is 26.3 Å². The van der Waals surface area contributed by atoms with E-state index in [-0.39, 0.29) is 5.78 Å². The van der Waals surface area contributed by atoms with Gasteiger partial charge in [-0.15, -0.1) is 0 Å². The molecule has 0 spiro atoms. The minimum Gasteiger partial charge on any atom is -0.496 e. The van der Waals surface area contributed by atoms with Crippen molar-refractivity contribution in [3.8, 4) is 5.75 Å². The first-order valence-corrected chi connectivity index (χ1v) is 6.77. The summed E-state index contributed by atoms with van der Waals surface area (Å²) in [5, 5.41) is 0. The number of benzene rings is 2. The third-order valence-corrected chi connectivity index (χ3v) is 3.91. The van der Waals surface area contributed by atoms with E-state index < -0.39 is 0 Å². The van der Waals surface area contributed by atoms with E-state index in [4.69, 9.17) is 4.74 Å². The molecule has 0 aromatic heterocycles. The number of hydrogen-bond donors (Lipinski definition) is 0. The lowest BCUT2D eigenvalue weighted by atomic mass is 9.99. The van der Waals surface area contributed by atoms with E-state index in [1.807, 2.05) is 50.2 Å². The molecule has 0 aliphatic rings. The first-order valence-electron chi connectivity index (χ1n) is 5.98. The van der Waals surface area contributed by atoms with Gasteiger partial charge in [0.05, 0.1) is 12.7 Å². The van der Waals surface area contributed by atoms with Crippen molar-refractivity contribution in [2.45, 2.75) is 13.8 Å². The molecule has 0 radical (unpaired) electrons. The first kappa shape index (κ1) is 13.8. The number of hydrogen-bond acceptors (Lipinski definition) is 2. The van der Waals surface area contributed by atoms with Gasteiger partial charge in [-0.3, -0.25) is 4.79 Å². The van der Waals surface area contributed by atoms with Crippen LogP contribution in [-0.2, 0) is 0 Å². The van der Waals surface area contributed by atoms with Crippen LogP contribution in [0.15, 0.2) is 40.9 Å². The van der Waals surface area contributed by atoms with Gasteiger partial charge in [0.2, 0.25) is 0 Å². The summed E-state index contributed by atoms with van der Waals surface area (Å²) in [6.07, 6.45) is 0. The van der Waals surface area contributed by atoms with Gasteiger partial charge in [-0.1, -0.05) is 27.6 Å². The zero-order valence-electron chi connectivity index (χ0n) is 11.2. The lowest BCUT2D eigenvalue weighted by Gasteiger charge is -2.09. The van der Waals surface area contributed by atoms with Crippen LogP contribution < -0.4 is 4.74 Å². The van der Waals surface area contributed by atoms with Gasteiger partial charge in [-0.2, -0.15) is 0 Å². The summed E-state index contributed by atoms with van der Waals surface area (Å²) in [4.78, 5) is 12.5. The molecule has 0 fully saturated rings. The van der Waals surface area contributed by atoms with Crippen molar-refractivity contribution in [3.05, 3.63) is 63.1 Å². The van der Waals surface area contributed by atoms with Crippen LogP contribution in [0.3, 0.4) is 0 Å². The maximum absolute atomic E-state index is 12.5. The molecule has 0 heterocycles. The van der Waals surface area contributed by atoms with Gasteiger partial charge in [0.15, 0.2) is 5.78 Å². The molecular formula is C16H15BrO2. The Balaban J connectivity index is 2.49. The van der Waals surface area contributed by atoms with Gasteiger partial charge in [-0.05, 0) is 49.7 Å². The first-order chi connectivity index (χ1) is 9.02. The molecule has 0 unspecified atom stereocenters. The van der Waals surface area contributed by atoms with Crippen LogP contribution in [0.25, 0.3) is 0 Å². The number of aryl methyl sites for hydroxylation is 2. The van der Waals surface area contributed by atoms with Crippen molar-refractivity contribution in [2.24, 2.45) is 0 Å². The predicted molar refractivity (Wildman–Crippen MR) is 80.0 cm³/mol. The molecule has 0 aliphatic heterocycles. The number of halogens is 1. The Morgan fingerprint density at radius 2 is 1.84 bits per heavy atom. The second kappa shape index (κ2) is 5.57. The highest BCUT2D eigenvalue weighted by Gasteiger charge is 2.15. The molecule has 0 bridgehead atoms. The highest BCUT2D eigenvalue weighted by atomic mass is 79.9. The van der Waals surface area contributed by atoms with Crippen LogP contribution in [0.5, 0.6) is 5.75 Å². The molecule has 0 atom stereocenters. The lowest BCUT2D eigenvalue weighted by Crippen LogP contribution is -2.04. The lowest BCUT2D eigenvalue weighted by molar-refractivity contribution is 0.103. The standard InChI is InChI=1S/C16H15BrO2/c1-10-4-7-15(19-3)13(8-10)16(18)12-5-6-14(17)11(2)9-12/h4-9H,1-3H3. The number of ketones is 1. The van der Waals surface area contributed by atoms with Crippen LogP contribution in [0.4, 0.5) is 0 Å². The highest BCUT2D eigenvalue weighted by Crippen LogP contribution is 2.25. The largest absolute Gasteiger partial charge is 0.496 e. The summed E-state index contributed by atoms with van der Waals surface area (Å²) in [6.45, 7) is 3.93. The average Bonchev–Trinajstić information content (AvgIpc) is 2.41. The zero-order valence-corrected chi connectivity index (χ0v) is 12.7. The smallest absolute Gasteiger partial charge is 0.196 e. The maximum atomic E-state index is 12.5. The molecule has 2 aromatic carbocycles. The Labute approximate surface area is 121 Å². The summed E-state index contributed by atoms with van der Waals surface area (Å²) in [6, 6.07) is 11.2. The number of carbonyl (C=O) groups excluding carboxylic acids is 1. The summed E-state index contributed by atoms with van der Waals surface area (Å²) in [5.74, 6) is 0.590. The molecule has 0 aliphatic carbocycles. The molecule has 98 valence electrons. The molecule has 0 saturated heterocycles. The summed E-state index contributed by atoms with van der Waals surface area (Å²) in [5.41, 5.74) is 3.35. The Morgan fingerprint density at radius 3 is 2.47 bits per heavy atom. The molecule has 0 saturated carbocycles. The van der Waals surface area contributed by atoms with Crippen LogP contribution in [0.1, 0.15) is 27.0 Å². The SMILES string of the molecule is COc1ccc(C)cc1C(=O)c1ccc(Br)c(C)c1. The van der Waals surface area contributed by atoms with E-state index >= 15 is 0 Å². The fourth-order valence-corrected chi connectivity index (χ4v) is 2.19.